The predicted molar refractivity (Wildman–Crippen MR) is 52.9 cm³/mol. The first kappa shape index (κ1) is 10.0. The Labute approximate surface area is 76.3 Å². The van der Waals surface area contributed by atoms with Gasteiger partial charge in [-0.1, -0.05) is 13.8 Å². The fraction of sp³-hybridized carbons (Fsp3) is 1.00. The molecule has 0 atom stereocenters. The molecule has 0 aromatic rings. The van der Waals surface area contributed by atoms with E-state index >= 15 is 0 Å². The molecule has 0 radical (unpaired) electrons. The van der Waals surface area contributed by atoms with Gasteiger partial charge >= 0.3 is 0 Å². The lowest BCUT2D eigenvalue weighted by Gasteiger charge is -2.35. The van der Waals surface area contributed by atoms with Gasteiger partial charge in [0.1, 0.15) is 0 Å². The molecule has 1 aliphatic rings. The van der Waals surface area contributed by atoms with Crippen molar-refractivity contribution in [3.8, 4) is 0 Å². The minimum atomic E-state index is 0.588. The fourth-order valence-corrected chi connectivity index (χ4v) is 1.89. The van der Waals surface area contributed by atoms with Gasteiger partial charge in [-0.2, -0.15) is 0 Å². The number of hydrogen-bond acceptors (Lipinski definition) is 2. The first-order valence-corrected chi connectivity index (χ1v) is 4.93. The molecule has 0 bridgehead atoms. The molecule has 0 aromatic carbocycles. The van der Waals surface area contributed by atoms with E-state index in [2.05, 4.69) is 38.4 Å². The van der Waals surface area contributed by atoms with Crippen molar-refractivity contribution in [1.82, 2.24) is 10.4 Å². The molecule has 12 heavy (non-hydrogen) atoms. The van der Waals surface area contributed by atoms with Crippen molar-refractivity contribution in [3.63, 3.8) is 0 Å². The van der Waals surface area contributed by atoms with Crippen molar-refractivity contribution in [2.24, 2.45) is 5.41 Å². The number of hydrogen-bond donors (Lipinski definition) is 1. The van der Waals surface area contributed by atoms with Gasteiger partial charge in [-0.25, -0.2) is 0 Å². The van der Waals surface area contributed by atoms with Crippen LogP contribution in [0, 0.1) is 5.41 Å². The lowest BCUT2D eigenvalue weighted by atomic mass is 9.76. The van der Waals surface area contributed by atoms with Crippen LogP contribution in [0.15, 0.2) is 0 Å². The molecule has 2 heteroatoms. The molecule has 0 amide bonds. The van der Waals surface area contributed by atoms with Crippen molar-refractivity contribution in [3.05, 3.63) is 0 Å². The van der Waals surface area contributed by atoms with Crippen molar-refractivity contribution in [2.75, 3.05) is 14.1 Å². The zero-order valence-electron chi connectivity index (χ0n) is 8.85. The Morgan fingerprint density at radius 3 is 2.08 bits per heavy atom. The van der Waals surface area contributed by atoms with Gasteiger partial charge in [-0.15, -0.1) is 0 Å². The molecule has 1 N–H and O–H groups in total. The van der Waals surface area contributed by atoms with Gasteiger partial charge in [0.15, 0.2) is 0 Å². The molecule has 0 unspecified atom stereocenters. The normalized spacial score (nSPS) is 24.8. The van der Waals surface area contributed by atoms with Crippen LogP contribution in [-0.4, -0.2) is 25.1 Å². The van der Waals surface area contributed by atoms with Crippen LogP contribution in [0.4, 0.5) is 0 Å². The average Bonchev–Trinajstić information content (AvgIpc) is 1.93. The summed E-state index contributed by atoms with van der Waals surface area (Å²) in [7, 11) is 4.14. The van der Waals surface area contributed by atoms with E-state index in [9.17, 15) is 0 Å². The highest BCUT2D eigenvalue weighted by atomic mass is 15.5. The maximum Gasteiger partial charge on any atom is 0.0215 e. The van der Waals surface area contributed by atoms with Gasteiger partial charge in [0.05, 0.1) is 0 Å². The molecule has 1 saturated carbocycles. The molecule has 0 spiro atoms. The second-order valence-corrected chi connectivity index (χ2v) is 4.96. The summed E-state index contributed by atoms with van der Waals surface area (Å²) >= 11 is 0. The first-order valence-electron chi connectivity index (χ1n) is 4.93. The molecule has 1 aliphatic carbocycles. The van der Waals surface area contributed by atoms with Crippen molar-refractivity contribution in [2.45, 2.75) is 45.6 Å². The molecular formula is C10H22N2. The molecule has 1 rings (SSSR count). The molecule has 2 nitrogen and oxygen atoms in total. The molecular weight excluding hydrogens is 148 g/mol. The number of hydrazine groups is 1. The molecule has 72 valence electrons. The lowest BCUT2D eigenvalue weighted by Crippen LogP contribution is -2.42. The Morgan fingerprint density at radius 2 is 1.67 bits per heavy atom. The largest absolute Gasteiger partial charge is 0.253 e. The molecule has 0 saturated heterocycles. The number of nitrogens with one attached hydrogen (secondary N) is 1. The van der Waals surface area contributed by atoms with Crippen LogP contribution in [0.3, 0.4) is 0 Å². The zero-order valence-corrected chi connectivity index (χ0v) is 8.85. The van der Waals surface area contributed by atoms with E-state index in [1.807, 2.05) is 0 Å². The van der Waals surface area contributed by atoms with E-state index < -0.39 is 0 Å². The van der Waals surface area contributed by atoms with Crippen molar-refractivity contribution < 1.29 is 0 Å². The standard InChI is InChI=1S/C10H22N2/c1-10(2)7-5-9(6-8-10)11-12(3)4/h9,11H,5-8H2,1-4H3. The summed E-state index contributed by atoms with van der Waals surface area (Å²) < 4.78 is 0. The van der Waals surface area contributed by atoms with E-state index in [-0.39, 0.29) is 0 Å². The van der Waals surface area contributed by atoms with Crippen molar-refractivity contribution in [1.29, 1.82) is 0 Å². The zero-order chi connectivity index (χ0) is 9.19. The smallest absolute Gasteiger partial charge is 0.0215 e. The van der Waals surface area contributed by atoms with Crippen LogP contribution in [-0.2, 0) is 0 Å². The average molecular weight is 170 g/mol. The number of rotatable bonds is 2. The quantitative estimate of drug-likeness (QED) is 0.638. The van der Waals surface area contributed by atoms with Crippen molar-refractivity contribution >= 4 is 0 Å². The SMILES string of the molecule is CN(C)NC1CCC(C)(C)CC1. The summed E-state index contributed by atoms with van der Waals surface area (Å²) in [5.41, 5.74) is 4.04. The van der Waals surface area contributed by atoms with E-state index in [4.69, 9.17) is 0 Å². The van der Waals surface area contributed by atoms with E-state index in [0.717, 1.165) is 0 Å². The maximum atomic E-state index is 3.45. The summed E-state index contributed by atoms with van der Waals surface area (Å²) in [5.74, 6) is 0. The number of nitrogens with zero attached hydrogens (tertiary/aromatic N) is 1. The molecule has 0 heterocycles. The fourth-order valence-electron chi connectivity index (χ4n) is 1.89. The highest BCUT2D eigenvalue weighted by Crippen LogP contribution is 2.34. The minimum Gasteiger partial charge on any atom is -0.253 e. The molecule has 0 aromatic heterocycles. The van der Waals surface area contributed by atoms with Gasteiger partial charge in [0, 0.05) is 20.1 Å². The summed E-state index contributed by atoms with van der Waals surface area (Å²) in [6.45, 7) is 4.75. The van der Waals surface area contributed by atoms with E-state index in [0.29, 0.717) is 11.5 Å². The first-order chi connectivity index (χ1) is 5.49. The highest BCUT2D eigenvalue weighted by molar-refractivity contribution is 4.81. The third-order valence-electron chi connectivity index (χ3n) is 2.78. The topological polar surface area (TPSA) is 15.3 Å². The second kappa shape index (κ2) is 3.75. The van der Waals surface area contributed by atoms with Gasteiger partial charge in [0.2, 0.25) is 0 Å². The van der Waals surface area contributed by atoms with Crippen LogP contribution in [0.2, 0.25) is 0 Å². The third-order valence-corrected chi connectivity index (χ3v) is 2.78. The summed E-state index contributed by atoms with van der Waals surface area (Å²) in [5, 5.41) is 2.07. The molecule has 0 aliphatic heterocycles. The van der Waals surface area contributed by atoms with Gasteiger partial charge in [-0.05, 0) is 31.1 Å². The van der Waals surface area contributed by atoms with E-state index in [1.54, 1.807) is 0 Å². The van der Waals surface area contributed by atoms with Crippen LogP contribution in [0.1, 0.15) is 39.5 Å². The molecule has 1 fully saturated rings. The second-order valence-electron chi connectivity index (χ2n) is 4.96. The Balaban J connectivity index is 2.27. The van der Waals surface area contributed by atoms with Crippen LogP contribution < -0.4 is 5.43 Å². The van der Waals surface area contributed by atoms with Crippen LogP contribution >= 0.6 is 0 Å². The Hall–Kier alpha value is -0.0800. The third kappa shape index (κ3) is 3.11. The minimum absolute atomic E-state index is 0.588. The Bertz CT molecular complexity index is 131. The lowest BCUT2D eigenvalue weighted by molar-refractivity contribution is 0.149. The Kier molecular flexibility index (Phi) is 3.13. The summed E-state index contributed by atoms with van der Waals surface area (Å²) in [6.07, 6.45) is 5.37. The van der Waals surface area contributed by atoms with E-state index in [1.165, 1.54) is 25.7 Å². The van der Waals surface area contributed by atoms with Crippen LogP contribution in [0.25, 0.3) is 0 Å². The van der Waals surface area contributed by atoms with Gasteiger partial charge < -0.3 is 0 Å². The monoisotopic (exact) mass is 170 g/mol. The Morgan fingerprint density at radius 1 is 1.17 bits per heavy atom. The summed E-state index contributed by atoms with van der Waals surface area (Å²) in [6, 6.07) is 0.716. The van der Waals surface area contributed by atoms with Gasteiger partial charge in [-0.3, -0.25) is 10.4 Å². The van der Waals surface area contributed by atoms with Crippen LogP contribution in [0.5, 0.6) is 0 Å². The predicted octanol–water partition coefficient (Wildman–Crippen LogP) is 2.02. The maximum absolute atomic E-state index is 3.45. The van der Waals surface area contributed by atoms with Gasteiger partial charge in [0.25, 0.3) is 0 Å². The summed E-state index contributed by atoms with van der Waals surface area (Å²) in [4.78, 5) is 0. The highest BCUT2D eigenvalue weighted by Gasteiger charge is 2.26.